The minimum absolute atomic E-state index is 0.109. The summed E-state index contributed by atoms with van der Waals surface area (Å²) in [5.41, 5.74) is 3.30. The van der Waals surface area contributed by atoms with E-state index in [-0.39, 0.29) is 23.7 Å². The SMILES string of the molecule is [2H]C([2H])([2H])N[C@@H](C)C(=O)N[C@H](C(=O)N1CCC[C@H]1c1cncc(-n2ccc3c(C(=O)CCCCOCC)cccc32)c1)C(C)C. The van der Waals surface area contributed by atoms with E-state index in [9.17, 15) is 14.4 Å². The Morgan fingerprint density at radius 2 is 2.00 bits per heavy atom. The van der Waals surface area contributed by atoms with E-state index in [1.165, 1.54) is 6.92 Å². The molecule has 3 heterocycles. The van der Waals surface area contributed by atoms with Crippen molar-refractivity contribution in [3.8, 4) is 5.69 Å². The summed E-state index contributed by atoms with van der Waals surface area (Å²) in [5.74, 6) is -0.847. The zero-order chi connectivity index (χ0) is 32.7. The summed E-state index contributed by atoms with van der Waals surface area (Å²) in [6.45, 7) is 6.54. The minimum atomic E-state index is -2.47. The number of unbranched alkanes of at least 4 members (excludes halogenated alkanes) is 1. The first-order chi connectivity index (χ1) is 21.4. The topological polar surface area (TPSA) is 106 Å². The summed E-state index contributed by atoms with van der Waals surface area (Å²) >= 11 is 0. The Morgan fingerprint density at radius 1 is 1.17 bits per heavy atom. The molecular weight excluding hydrogens is 530 g/mol. The fraction of sp³-hybridized carbons (Fsp3) is 0.515. The van der Waals surface area contributed by atoms with Gasteiger partial charge >= 0.3 is 0 Å². The van der Waals surface area contributed by atoms with Crippen LogP contribution in [0, 0.1) is 5.92 Å². The summed E-state index contributed by atoms with van der Waals surface area (Å²) in [6.07, 6.45) is 9.12. The number of rotatable bonds is 14. The van der Waals surface area contributed by atoms with Gasteiger partial charge in [0.25, 0.3) is 0 Å². The molecule has 0 bridgehead atoms. The quantitative estimate of drug-likeness (QED) is 0.210. The number of hydrogen-bond donors (Lipinski definition) is 2. The van der Waals surface area contributed by atoms with Crippen LogP contribution in [0.15, 0.2) is 48.9 Å². The van der Waals surface area contributed by atoms with E-state index in [4.69, 9.17) is 8.85 Å². The van der Waals surface area contributed by atoms with Gasteiger partial charge in [-0.05, 0) is 76.2 Å². The van der Waals surface area contributed by atoms with E-state index in [1.54, 1.807) is 17.3 Å². The lowest BCUT2D eigenvalue weighted by atomic mass is 10.00. The van der Waals surface area contributed by atoms with Crippen LogP contribution in [0.25, 0.3) is 16.6 Å². The molecule has 2 amide bonds. The average molecular weight is 579 g/mol. The van der Waals surface area contributed by atoms with E-state index in [2.05, 4.69) is 15.6 Å². The van der Waals surface area contributed by atoms with Gasteiger partial charge in [0.15, 0.2) is 5.78 Å². The van der Waals surface area contributed by atoms with Gasteiger partial charge in [0.05, 0.1) is 29.5 Å². The number of aromatic nitrogens is 2. The smallest absolute Gasteiger partial charge is 0.245 e. The Labute approximate surface area is 253 Å². The molecule has 3 atom stereocenters. The predicted molar refractivity (Wildman–Crippen MR) is 165 cm³/mol. The zero-order valence-electron chi connectivity index (χ0n) is 28.1. The summed E-state index contributed by atoms with van der Waals surface area (Å²) in [5, 5.41) is 5.96. The lowest BCUT2D eigenvalue weighted by Gasteiger charge is -2.32. The standard InChI is InChI=1S/C33H45N5O4/c1-6-42-18-8-7-14-30(39)27-11-9-12-29-26(27)15-17-37(29)25-19-24(20-35-21-25)28-13-10-16-38(28)33(41)31(22(2)3)36-32(40)23(4)34-5/h9,11-12,15,17,19-23,28,31,34H,6-8,10,13-14,16,18H2,1-5H3,(H,36,40)/t23-,28-,31-/m0/s1/i5D3. The van der Waals surface area contributed by atoms with Crippen molar-refractivity contribution in [3.05, 3.63) is 60.0 Å². The number of carbonyl (C=O) groups excluding carboxylic acids is 3. The molecule has 1 aliphatic heterocycles. The Kier molecular flexibility index (Phi) is 9.46. The van der Waals surface area contributed by atoms with Gasteiger partial charge in [0.2, 0.25) is 11.8 Å². The van der Waals surface area contributed by atoms with Crippen LogP contribution in [-0.2, 0) is 14.3 Å². The maximum Gasteiger partial charge on any atom is 0.245 e. The molecule has 4 rings (SSSR count). The molecule has 0 saturated carbocycles. The molecule has 42 heavy (non-hydrogen) atoms. The largest absolute Gasteiger partial charge is 0.382 e. The number of ketones is 1. The van der Waals surface area contributed by atoms with E-state index in [0.717, 1.165) is 47.8 Å². The first-order valence-electron chi connectivity index (χ1n) is 16.5. The molecule has 1 aromatic carbocycles. The molecule has 1 saturated heterocycles. The fourth-order valence-electron chi connectivity index (χ4n) is 5.58. The van der Waals surface area contributed by atoms with Gasteiger partial charge in [0.1, 0.15) is 6.04 Å². The normalized spacial score (nSPS) is 18.0. The maximum absolute atomic E-state index is 13.8. The van der Waals surface area contributed by atoms with Crippen molar-refractivity contribution in [2.75, 3.05) is 26.7 Å². The van der Waals surface area contributed by atoms with Crippen molar-refractivity contribution < 1.29 is 23.2 Å². The Morgan fingerprint density at radius 3 is 2.76 bits per heavy atom. The molecule has 9 nitrogen and oxygen atoms in total. The third-order valence-corrected chi connectivity index (χ3v) is 7.96. The summed E-state index contributed by atoms with van der Waals surface area (Å²) < 4.78 is 29.6. The number of Topliss-reactive ketones (excluding diaryl/α,β-unsaturated/α-hetero) is 1. The molecule has 2 N–H and O–H groups in total. The first kappa shape index (κ1) is 27.3. The number of hydrogen-bond acceptors (Lipinski definition) is 6. The van der Waals surface area contributed by atoms with Crippen molar-refractivity contribution in [1.29, 1.82) is 0 Å². The number of nitrogens with one attached hydrogen (secondary N) is 2. The average Bonchev–Trinajstić information content (AvgIpc) is 3.66. The third-order valence-electron chi connectivity index (χ3n) is 7.96. The highest BCUT2D eigenvalue weighted by Crippen LogP contribution is 2.34. The Hall–Kier alpha value is -3.56. The van der Waals surface area contributed by atoms with Gasteiger partial charge in [0, 0.05) is 53.6 Å². The van der Waals surface area contributed by atoms with Crippen molar-refractivity contribution in [2.45, 2.75) is 77.9 Å². The Balaban J connectivity index is 1.53. The van der Waals surface area contributed by atoms with Crippen LogP contribution in [0.3, 0.4) is 0 Å². The molecule has 0 spiro atoms. The predicted octanol–water partition coefficient (Wildman–Crippen LogP) is 4.83. The highest BCUT2D eigenvalue weighted by Gasteiger charge is 2.36. The molecule has 0 radical (unpaired) electrons. The molecule has 9 heteroatoms. The molecule has 0 unspecified atom stereocenters. The van der Waals surface area contributed by atoms with Gasteiger partial charge in [-0.1, -0.05) is 26.0 Å². The molecule has 0 aliphatic carbocycles. The lowest BCUT2D eigenvalue weighted by Crippen LogP contribution is -2.54. The van der Waals surface area contributed by atoms with Crippen molar-refractivity contribution in [1.82, 2.24) is 25.1 Å². The molecule has 226 valence electrons. The monoisotopic (exact) mass is 578 g/mol. The Bertz CT molecular complexity index is 1490. The van der Waals surface area contributed by atoms with Crippen molar-refractivity contribution in [2.24, 2.45) is 5.92 Å². The molecule has 3 aromatic rings. The molecular formula is C33H45N5O4. The number of benzene rings is 1. The fourth-order valence-corrected chi connectivity index (χ4v) is 5.58. The van der Waals surface area contributed by atoms with Gasteiger partial charge in [-0.15, -0.1) is 0 Å². The number of carbonyl (C=O) groups is 3. The van der Waals surface area contributed by atoms with Gasteiger partial charge in [-0.3, -0.25) is 19.4 Å². The second-order valence-corrected chi connectivity index (χ2v) is 11.3. The highest BCUT2D eigenvalue weighted by atomic mass is 16.5. The summed E-state index contributed by atoms with van der Waals surface area (Å²) in [6, 6.07) is 7.71. The number of pyridine rings is 1. The number of nitrogens with zero attached hydrogens (tertiary/aromatic N) is 3. The van der Waals surface area contributed by atoms with E-state index in [0.29, 0.717) is 31.7 Å². The summed E-state index contributed by atoms with van der Waals surface area (Å²) in [7, 11) is 0. The second kappa shape index (κ2) is 14.6. The van der Waals surface area contributed by atoms with E-state index in [1.807, 2.05) is 61.9 Å². The van der Waals surface area contributed by atoms with Crippen LogP contribution in [0.4, 0.5) is 0 Å². The number of fused-ring (bicyclic) bond motifs is 1. The first-order valence-corrected chi connectivity index (χ1v) is 15.0. The molecule has 1 fully saturated rings. The van der Waals surface area contributed by atoms with Crippen LogP contribution < -0.4 is 10.6 Å². The zero-order valence-corrected chi connectivity index (χ0v) is 25.1. The lowest BCUT2D eigenvalue weighted by molar-refractivity contribution is -0.138. The van der Waals surface area contributed by atoms with Crippen LogP contribution >= 0.6 is 0 Å². The van der Waals surface area contributed by atoms with Crippen LogP contribution in [-0.4, -0.2) is 70.9 Å². The third kappa shape index (κ3) is 7.07. The van der Waals surface area contributed by atoms with Crippen LogP contribution in [0.5, 0.6) is 0 Å². The molecule has 2 aromatic heterocycles. The molecule has 1 aliphatic rings. The van der Waals surface area contributed by atoms with Crippen molar-refractivity contribution >= 4 is 28.5 Å². The minimum Gasteiger partial charge on any atom is -0.382 e. The van der Waals surface area contributed by atoms with Crippen LogP contribution in [0.2, 0.25) is 0 Å². The van der Waals surface area contributed by atoms with Crippen molar-refractivity contribution in [3.63, 3.8) is 0 Å². The second-order valence-electron chi connectivity index (χ2n) is 11.3. The number of likely N-dealkylation sites (N-methyl/N-ethyl adjacent to an activating group) is 1. The highest BCUT2D eigenvalue weighted by molar-refractivity contribution is 6.08. The maximum atomic E-state index is 13.8. The number of likely N-dealkylation sites (tertiary alicyclic amines) is 1. The number of ether oxygens (including phenoxy) is 1. The van der Waals surface area contributed by atoms with Crippen LogP contribution in [0.1, 0.15) is 85.9 Å². The van der Waals surface area contributed by atoms with Gasteiger partial charge in [-0.25, -0.2) is 0 Å². The summed E-state index contributed by atoms with van der Waals surface area (Å²) in [4.78, 5) is 46.1. The van der Waals surface area contributed by atoms with E-state index < -0.39 is 25.0 Å². The van der Waals surface area contributed by atoms with E-state index >= 15 is 0 Å². The van der Waals surface area contributed by atoms with Gasteiger partial charge in [-0.2, -0.15) is 0 Å². The van der Waals surface area contributed by atoms with Gasteiger partial charge < -0.3 is 24.8 Å². The number of amides is 2.